The number of aryl methyl sites for hydroxylation is 1. The number of fused-ring (bicyclic) bond motifs is 1. The molecule has 2 unspecified atom stereocenters. The maximum atomic E-state index is 12.6. The molecular formula is C20H21ClN4O4S. The van der Waals surface area contributed by atoms with Crippen molar-refractivity contribution in [1.82, 2.24) is 15.3 Å². The SMILES string of the molecule is COC1CN(c2nc3cccc(C(=O)O)c3s2)CCC1NC(=O)c1cc(Cl)c(C)[nH]1. The normalized spacial score (nSPS) is 19.2. The number of thiazole rings is 1. The van der Waals surface area contributed by atoms with Crippen molar-refractivity contribution in [3.63, 3.8) is 0 Å². The van der Waals surface area contributed by atoms with Gasteiger partial charge < -0.3 is 25.0 Å². The van der Waals surface area contributed by atoms with E-state index in [1.807, 2.05) is 13.0 Å². The summed E-state index contributed by atoms with van der Waals surface area (Å²) in [7, 11) is 1.61. The van der Waals surface area contributed by atoms with Crippen molar-refractivity contribution in [1.29, 1.82) is 0 Å². The number of carboxylic acids is 1. The van der Waals surface area contributed by atoms with E-state index in [1.165, 1.54) is 11.3 Å². The van der Waals surface area contributed by atoms with Gasteiger partial charge in [-0.2, -0.15) is 0 Å². The fourth-order valence-electron chi connectivity index (χ4n) is 3.64. The van der Waals surface area contributed by atoms with E-state index in [4.69, 9.17) is 16.3 Å². The number of hydrogen-bond acceptors (Lipinski definition) is 6. The number of amides is 1. The van der Waals surface area contributed by atoms with Gasteiger partial charge in [-0.25, -0.2) is 9.78 Å². The number of benzene rings is 1. The summed E-state index contributed by atoms with van der Waals surface area (Å²) in [4.78, 5) is 33.7. The molecule has 0 radical (unpaired) electrons. The molecule has 30 heavy (non-hydrogen) atoms. The van der Waals surface area contributed by atoms with Crippen molar-refractivity contribution in [2.75, 3.05) is 25.1 Å². The summed E-state index contributed by atoms with van der Waals surface area (Å²) in [5.74, 6) is -1.19. The van der Waals surface area contributed by atoms with E-state index >= 15 is 0 Å². The van der Waals surface area contributed by atoms with Gasteiger partial charge in [0.2, 0.25) is 0 Å². The molecule has 10 heteroatoms. The van der Waals surface area contributed by atoms with Crippen LogP contribution in [0.25, 0.3) is 10.2 Å². The van der Waals surface area contributed by atoms with Gasteiger partial charge in [-0.3, -0.25) is 4.79 Å². The van der Waals surface area contributed by atoms with Gasteiger partial charge in [0.15, 0.2) is 5.13 Å². The number of nitrogens with zero attached hydrogens (tertiary/aromatic N) is 2. The van der Waals surface area contributed by atoms with Crippen molar-refractivity contribution in [3.8, 4) is 0 Å². The Morgan fingerprint density at radius 1 is 1.43 bits per heavy atom. The minimum atomic E-state index is -0.966. The number of hydrogen-bond donors (Lipinski definition) is 3. The Hall–Kier alpha value is -2.62. The average Bonchev–Trinajstić information content (AvgIpc) is 3.31. The second-order valence-electron chi connectivity index (χ2n) is 7.20. The third kappa shape index (κ3) is 3.88. The summed E-state index contributed by atoms with van der Waals surface area (Å²) in [6.07, 6.45) is 0.430. The molecule has 1 saturated heterocycles. The monoisotopic (exact) mass is 448 g/mol. The molecule has 8 nitrogen and oxygen atoms in total. The number of carbonyl (C=O) groups excluding carboxylic acids is 1. The molecule has 0 saturated carbocycles. The van der Waals surface area contributed by atoms with Crippen molar-refractivity contribution >= 4 is 50.2 Å². The number of aromatic nitrogens is 2. The quantitative estimate of drug-likeness (QED) is 0.552. The van der Waals surface area contributed by atoms with Crippen LogP contribution < -0.4 is 10.2 Å². The highest BCUT2D eigenvalue weighted by Crippen LogP contribution is 2.33. The number of piperidine rings is 1. The molecule has 0 bridgehead atoms. The van der Waals surface area contributed by atoms with Gasteiger partial charge in [-0.15, -0.1) is 0 Å². The largest absolute Gasteiger partial charge is 0.478 e. The standard InChI is InChI=1S/C20H21ClN4O4S/c1-10-12(21)8-15(22-10)18(26)23-13-6-7-25(9-16(13)29-2)20-24-14-5-3-4-11(19(27)28)17(14)30-20/h3-5,8,13,16,22H,6-7,9H2,1-2H3,(H,23,26)(H,27,28). The van der Waals surface area contributed by atoms with Crippen molar-refractivity contribution in [2.24, 2.45) is 0 Å². The number of anilines is 1. The molecule has 3 aromatic rings. The predicted molar refractivity (Wildman–Crippen MR) is 116 cm³/mol. The van der Waals surface area contributed by atoms with Gasteiger partial charge in [0.25, 0.3) is 5.91 Å². The van der Waals surface area contributed by atoms with Crippen molar-refractivity contribution in [2.45, 2.75) is 25.5 Å². The number of carbonyl (C=O) groups is 2. The van der Waals surface area contributed by atoms with Crippen LogP contribution in [0.2, 0.25) is 5.02 Å². The first-order valence-corrected chi connectivity index (χ1v) is 10.6. The van der Waals surface area contributed by atoms with Crippen molar-refractivity contribution in [3.05, 3.63) is 46.2 Å². The maximum Gasteiger partial charge on any atom is 0.337 e. The topological polar surface area (TPSA) is 108 Å². The average molecular weight is 449 g/mol. The second-order valence-corrected chi connectivity index (χ2v) is 8.58. The van der Waals surface area contributed by atoms with Crippen LogP contribution in [0.4, 0.5) is 5.13 Å². The molecule has 0 spiro atoms. The van der Waals surface area contributed by atoms with Crippen LogP contribution in [0.15, 0.2) is 24.3 Å². The molecule has 1 amide bonds. The first-order chi connectivity index (χ1) is 14.4. The smallest absolute Gasteiger partial charge is 0.337 e. The van der Waals surface area contributed by atoms with Crippen LogP contribution in [0, 0.1) is 6.92 Å². The molecule has 3 heterocycles. The number of rotatable bonds is 5. The van der Waals surface area contributed by atoms with E-state index in [0.29, 0.717) is 40.4 Å². The third-order valence-electron chi connectivity index (χ3n) is 5.28. The Labute approximate surface area is 181 Å². The summed E-state index contributed by atoms with van der Waals surface area (Å²) in [6, 6.07) is 6.55. The fraction of sp³-hybridized carbons (Fsp3) is 0.350. The van der Waals surface area contributed by atoms with Gasteiger partial charge in [-0.05, 0) is 31.5 Å². The zero-order valence-electron chi connectivity index (χ0n) is 16.4. The highest BCUT2D eigenvalue weighted by atomic mass is 35.5. The minimum Gasteiger partial charge on any atom is -0.478 e. The molecule has 2 aromatic heterocycles. The van der Waals surface area contributed by atoms with Gasteiger partial charge >= 0.3 is 5.97 Å². The number of carboxylic acid groups (broad SMARTS) is 1. The van der Waals surface area contributed by atoms with Crippen molar-refractivity contribution < 1.29 is 19.4 Å². The van der Waals surface area contributed by atoms with Crippen LogP contribution >= 0.6 is 22.9 Å². The first-order valence-electron chi connectivity index (χ1n) is 9.44. The molecule has 1 aliphatic rings. The van der Waals surface area contributed by atoms with E-state index in [1.54, 1.807) is 25.3 Å². The lowest BCUT2D eigenvalue weighted by atomic mass is 10.0. The second kappa shape index (κ2) is 8.25. The third-order valence-corrected chi connectivity index (χ3v) is 6.84. The number of aromatic amines is 1. The highest BCUT2D eigenvalue weighted by Gasteiger charge is 2.32. The van der Waals surface area contributed by atoms with Crippen LogP contribution in [0.1, 0.15) is 33.0 Å². The summed E-state index contributed by atoms with van der Waals surface area (Å²) in [5, 5.41) is 13.7. The lowest BCUT2D eigenvalue weighted by Gasteiger charge is -2.37. The van der Waals surface area contributed by atoms with Crippen LogP contribution in [-0.2, 0) is 4.74 Å². The lowest BCUT2D eigenvalue weighted by Crippen LogP contribution is -2.55. The number of H-pyrrole nitrogens is 1. The summed E-state index contributed by atoms with van der Waals surface area (Å²) >= 11 is 7.40. The number of ether oxygens (including phenoxy) is 1. The molecular weight excluding hydrogens is 428 g/mol. The van der Waals surface area contributed by atoms with Crippen LogP contribution in [-0.4, -0.2) is 59.3 Å². The van der Waals surface area contributed by atoms with Gasteiger partial charge in [-0.1, -0.05) is 29.0 Å². The molecule has 1 aliphatic heterocycles. The Morgan fingerprint density at radius 3 is 2.90 bits per heavy atom. The molecule has 4 rings (SSSR count). The number of methoxy groups -OCH3 is 1. The highest BCUT2D eigenvalue weighted by molar-refractivity contribution is 7.22. The van der Waals surface area contributed by atoms with E-state index in [0.717, 1.165) is 10.8 Å². The number of nitrogens with one attached hydrogen (secondary N) is 2. The lowest BCUT2D eigenvalue weighted by molar-refractivity contribution is 0.0540. The molecule has 2 atom stereocenters. The number of aromatic carboxylic acids is 1. The fourth-order valence-corrected chi connectivity index (χ4v) is 4.90. The minimum absolute atomic E-state index is 0.162. The van der Waals surface area contributed by atoms with E-state index in [2.05, 4.69) is 20.2 Å². The van der Waals surface area contributed by atoms with Gasteiger partial charge in [0.1, 0.15) is 5.69 Å². The zero-order valence-corrected chi connectivity index (χ0v) is 18.0. The van der Waals surface area contributed by atoms with Gasteiger partial charge in [0, 0.05) is 25.9 Å². The molecule has 0 aliphatic carbocycles. The summed E-state index contributed by atoms with van der Waals surface area (Å²) < 4.78 is 6.30. The van der Waals surface area contributed by atoms with Crippen LogP contribution in [0.3, 0.4) is 0 Å². The Kier molecular flexibility index (Phi) is 5.68. The summed E-state index contributed by atoms with van der Waals surface area (Å²) in [5.41, 5.74) is 2.08. The number of halogens is 1. The van der Waals surface area contributed by atoms with E-state index < -0.39 is 5.97 Å². The predicted octanol–water partition coefficient (Wildman–Crippen LogP) is 3.31. The first kappa shape index (κ1) is 20.6. The molecule has 3 N–H and O–H groups in total. The molecule has 1 fully saturated rings. The Morgan fingerprint density at radius 2 is 2.23 bits per heavy atom. The van der Waals surface area contributed by atoms with Crippen LogP contribution in [0.5, 0.6) is 0 Å². The van der Waals surface area contributed by atoms with E-state index in [9.17, 15) is 14.7 Å². The summed E-state index contributed by atoms with van der Waals surface area (Å²) in [6.45, 7) is 3.01. The van der Waals surface area contributed by atoms with E-state index in [-0.39, 0.29) is 23.6 Å². The Balaban J connectivity index is 1.49. The molecule has 158 valence electrons. The maximum absolute atomic E-state index is 12.6. The Bertz CT molecular complexity index is 1090. The molecule has 1 aromatic carbocycles. The zero-order chi connectivity index (χ0) is 21.4. The van der Waals surface area contributed by atoms with Gasteiger partial charge in [0.05, 0.1) is 32.9 Å².